The average Bonchev–Trinajstić information content (AvgIpc) is 2.74. The smallest absolute Gasteiger partial charge is 0.0219 e. The molecule has 0 radical (unpaired) electrons. The maximum absolute atomic E-state index is 3.51. The first-order chi connectivity index (χ1) is 7.81. The molecule has 0 bridgehead atoms. The fraction of sp³-hybridized carbons (Fsp3) is 0.231. The van der Waals surface area contributed by atoms with Gasteiger partial charge in [0.15, 0.2) is 0 Å². The van der Waals surface area contributed by atoms with Crippen LogP contribution in [0.3, 0.4) is 0 Å². The van der Waals surface area contributed by atoms with Gasteiger partial charge in [0, 0.05) is 11.0 Å². The standard InChI is InChI=1S/C13H14BrNS/c1-2-15-7-11-8-16-9-13(11)10-4-3-5-12(14)6-10/h3-6,8-9,15H,2,7H2,1H3. The zero-order valence-electron chi connectivity index (χ0n) is 9.16. The lowest BCUT2D eigenvalue weighted by Gasteiger charge is -2.05. The summed E-state index contributed by atoms with van der Waals surface area (Å²) in [5, 5.41) is 7.81. The lowest BCUT2D eigenvalue weighted by atomic mass is 10.1. The van der Waals surface area contributed by atoms with Gasteiger partial charge in [0.25, 0.3) is 0 Å². The first-order valence-electron chi connectivity index (χ1n) is 5.33. The first-order valence-corrected chi connectivity index (χ1v) is 7.06. The molecule has 84 valence electrons. The van der Waals surface area contributed by atoms with Crippen LogP contribution in [0.4, 0.5) is 0 Å². The monoisotopic (exact) mass is 295 g/mol. The van der Waals surface area contributed by atoms with Crippen LogP contribution in [-0.2, 0) is 6.54 Å². The van der Waals surface area contributed by atoms with Crippen molar-refractivity contribution >= 4 is 27.3 Å². The van der Waals surface area contributed by atoms with Crippen LogP contribution >= 0.6 is 27.3 Å². The normalized spacial score (nSPS) is 10.6. The van der Waals surface area contributed by atoms with Gasteiger partial charge in [-0.25, -0.2) is 0 Å². The summed E-state index contributed by atoms with van der Waals surface area (Å²) in [6, 6.07) is 8.45. The van der Waals surface area contributed by atoms with Crippen molar-refractivity contribution < 1.29 is 0 Å². The van der Waals surface area contributed by atoms with E-state index in [1.807, 2.05) is 0 Å². The van der Waals surface area contributed by atoms with Crippen LogP contribution in [0.15, 0.2) is 39.5 Å². The van der Waals surface area contributed by atoms with Crippen molar-refractivity contribution in [1.29, 1.82) is 0 Å². The SMILES string of the molecule is CCNCc1cscc1-c1cccc(Br)c1. The van der Waals surface area contributed by atoms with Gasteiger partial charge >= 0.3 is 0 Å². The van der Waals surface area contributed by atoms with Gasteiger partial charge in [-0.2, -0.15) is 11.3 Å². The average molecular weight is 296 g/mol. The molecule has 16 heavy (non-hydrogen) atoms. The van der Waals surface area contributed by atoms with Crippen LogP contribution in [0.5, 0.6) is 0 Å². The third-order valence-corrected chi connectivity index (χ3v) is 3.73. The molecule has 1 aromatic heterocycles. The molecule has 1 N–H and O–H groups in total. The molecule has 0 aliphatic heterocycles. The summed E-state index contributed by atoms with van der Waals surface area (Å²) in [7, 11) is 0. The second-order valence-electron chi connectivity index (χ2n) is 3.60. The van der Waals surface area contributed by atoms with E-state index in [-0.39, 0.29) is 0 Å². The van der Waals surface area contributed by atoms with Gasteiger partial charge in [0.2, 0.25) is 0 Å². The summed E-state index contributed by atoms with van der Waals surface area (Å²) in [5.74, 6) is 0. The highest BCUT2D eigenvalue weighted by molar-refractivity contribution is 9.10. The Morgan fingerprint density at radius 2 is 2.19 bits per heavy atom. The van der Waals surface area contributed by atoms with Crippen LogP contribution in [0, 0.1) is 0 Å². The Labute approximate surface area is 109 Å². The van der Waals surface area contributed by atoms with Crippen LogP contribution < -0.4 is 5.32 Å². The molecule has 2 rings (SSSR count). The van der Waals surface area contributed by atoms with Crippen molar-refractivity contribution in [2.75, 3.05) is 6.54 Å². The molecule has 1 aromatic carbocycles. The van der Waals surface area contributed by atoms with Crippen LogP contribution in [0.2, 0.25) is 0 Å². The van der Waals surface area contributed by atoms with E-state index in [0.717, 1.165) is 17.6 Å². The van der Waals surface area contributed by atoms with Crippen LogP contribution in [0.1, 0.15) is 12.5 Å². The largest absolute Gasteiger partial charge is 0.313 e. The number of hydrogen-bond acceptors (Lipinski definition) is 2. The minimum absolute atomic E-state index is 0.946. The quantitative estimate of drug-likeness (QED) is 0.887. The molecule has 0 aliphatic carbocycles. The number of thiophene rings is 1. The highest BCUT2D eigenvalue weighted by atomic mass is 79.9. The Morgan fingerprint density at radius 1 is 1.31 bits per heavy atom. The zero-order chi connectivity index (χ0) is 11.4. The van der Waals surface area contributed by atoms with E-state index in [0.29, 0.717) is 0 Å². The molecule has 1 heterocycles. The van der Waals surface area contributed by atoms with Gasteiger partial charge in [-0.05, 0) is 46.1 Å². The predicted octanol–water partition coefficient (Wildman–Crippen LogP) is 4.29. The van der Waals surface area contributed by atoms with Gasteiger partial charge in [0.05, 0.1) is 0 Å². The van der Waals surface area contributed by atoms with E-state index < -0.39 is 0 Å². The molecule has 0 saturated heterocycles. The van der Waals surface area contributed by atoms with Gasteiger partial charge in [0.1, 0.15) is 0 Å². The van der Waals surface area contributed by atoms with E-state index >= 15 is 0 Å². The number of hydrogen-bond donors (Lipinski definition) is 1. The molecule has 0 saturated carbocycles. The fourth-order valence-electron chi connectivity index (χ4n) is 1.63. The zero-order valence-corrected chi connectivity index (χ0v) is 11.6. The number of halogens is 1. The maximum Gasteiger partial charge on any atom is 0.0219 e. The summed E-state index contributed by atoms with van der Waals surface area (Å²) in [4.78, 5) is 0. The predicted molar refractivity (Wildman–Crippen MR) is 74.8 cm³/mol. The summed E-state index contributed by atoms with van der Waals surface area (Å²) >= 11 is 5.27. The van der Waals surface area contributed by atoms with Crippen LogP contribution in [0.25, 0.3) is 11.1 Å². The molecule has 0 aliphatic rings. The van der Waals surface area contributed by atoms with Crippen molar-refractivity contribution in [2.45, 2.75) is 13.5 Å². The van der Waals surface area contributed by atoms with Crippen molar-refractivity contribution in [1.82, 2.24) is 5.32 Å². The van der Waals surface area contributed by atoms with E-state index in [9.17, 15) is 0 Å². The van der Waals surface area contributed by atoms with E-state index in [1.165, 1.54) is 16.7 Å². The molecule has 0 amide bonds. The Hall–Kier alpha value is -0.640. The minimum atomic E-state index is 0.946. The second-order valence-corrected chi connectivity index (χ2v) is 5.26. The first kappa shape index (κ1) is 11.8. The highest BCUT2D eigenvalue weighted by Gasteiger charge is 2.05. The van der Waals surface area contributed by atoms with E-state index in [1.54, 1.807) is 11.3 Å². The van der Waals surface area contributed by atoms with E-state index in [4.69, 9.17) is 0 Å². The van der Waals surface area contributed by atoms with Crippen molar-refractivity contribution in [3.8, 4) is 11.1 Å². The number of rotatable bonds is 4. The molecule has 0 unspecified atom stereocenters. The molecule has 2 aromatic rings. The van der Waals surface area contributed by atoms with Crippen molar-refractivity contribution in [2.24, 2.45) is 0 Å². The molecule has 1 nitrogen and oxygen atoms in total. The molecule has 0 fully saturated rings. The molecule has 0 spiro atoms. The molecule has 0 atom stereocenters. The molecular formula is C13H14BrNS. The molecular weight excluding hydrogens is 282 g/mol. The summed E-state index contributed by atoms with van der Waals surface area (Å²) in [6.07, 6.45) is 0. The van der Waals surface area contributed by atoms with Gasteiger partial charge in [-0.15, -0.1) is 0 Å². The fourth-order valence-corrected chi connectivity index (χ4v) is 2.89. The summed E-state index contributed by atoms with van der Waals surface area (Å²) in [6.45, 7) is 4.08. The Kier molecular flexibility index (Phi) is 4.16. The van der Waals surface area contributed by atoms with Gasteiger partial charge in [-0.1, -0.05) is 35.0 Å². The van der Waals surface area contributed by atoms with Gasteiger partial charge in [-0.3, -0.25) is 0 Å². The second kappa shape index (κ2) is 5.62. The third-order valence-electron chi connectivity index (χ3n) is 2.44. The van der Waals surface area contributed by atoms with Gasteiger partial charge < -0.3 is 5.32 Å². The highest BCUT2D eigenvalue weighted by Crippen LogP contribution is 2.29. The van der Waals surface area contributed by atoms with Crippen molar-refractivity contribution in [3.05, 3.63) is 45.1 Å². The lowest BCUT2D eigenvalue weighted by molar-refractivity contribution is 0.729. The molecule has 3 heteroatoms. The third kappa shape index (κ3) is 2.73. The number of nitrogens with one attached hydrogen (secondary N) is 1. The number of benzene rings is 1. The van der Waals surface area contributed by atoms with Crippen LogP contribution in [-0.4, -0.2) is 6.54 Å². The summed E-state index contributed by atoms with van der Waals surface area (Å²) in [5.41, 5.74) is 4.00. The maximum atomic E-state index is 3.51. The lowest BCUT2D eigenvalue weighted by Crippen LogP contribution is -2.11. The summed E-state index contributed by atoms with van der Waals surface area (Å²) < 4.78 is 1.13. The Morgan fingerprint density at radius 3 is 2.94 bits per heavy atom. The Bertz CT molecular complexity index is 464. The minimum Gasteiger partial charge on any atom is -0.313 e. The van der Waals surface area contributed by atoms with E-state index in [2.05, 4.69) is 63.2 Å². The topological polar surface area (TPSA) is 12.0 Å². The van der Waals surface area contributed by atoms with Crippen molar-refractivity contribution in [3.63, 3.8) is 0 Å². The Balaban J connectivity index is 2.29.